The molecule has 1 aromatic heterocycles. The fourth-order valence-electron chi connectivity index (χ4n) is 2.12. The maximum atomic E-state index is 11.9. The van der Waals surface area contributed by atoms with Crippen molar-refractivity contribution in [1.29, 1.82) is 0 Å². The number of hydrogen-bond acceptors (Lipinski definition) is 3. The van der Waals surface area contributed by atoms with E-state index in [1.165, 1.54) is 10.2 Å². The van der Waals surface area contributed by atoms with Gasteiger partial charge in [0.2, 0.25) is 0 Å². The summed E-state index contributed by atoms with van der Waals surface area (Å²) in [5.41, 5.74) is 7.69. The molecule has 1 aromatic carbocycles. The summed E-state index contributed by atoms with van der Waals surface area (Å²) in [4.78, 5) is 11.9. The number of carbonyl (C=O) groups excluding carboxylic acids is 1. The van der Waals surface area contributed by atoms with E-state index in [1.807, 2.05) is 18.2 Å². The van der Waals surface area contributed by atoms with Crippen molar-refractivity contribution in [1.82, 2.24) is 15.1 Å². The summed E-state index contributed by atoms with van der Waals surface area (Å²) in [6.07, 6.45) is 2.50. The fraction of sp³-hybridized carbons (Fsp3) is 0.333. The quantitative estimate of drug-likeness (QED) is 0.873. The van der Waals surface area contributed by atoms with Crippen LogP contribution in [0.3, 0.4) is 0 Å². The third-order valence-electron chi connectivity index (χ3n) is 3.30. The van der Waals surface area contributed by atoms with Gasteiger partial charge in [-0.05, 0) is 17.9 Å². The lowest BCUT2D eigenvalue weighted by atomic mass is 9.98. The number of amides is 1. The Labute approximate surface area is 118 Å². The summed E-state index contributed by atoms with van der Waals surface area (Å²) in [6.45, 7) is 2.75. The highest BCUT2D eigenvalue weighted by Gasteiger charge is 2.14. The molecule has 20 heavy (non-hydrogen) atoms. The minimum Gasteiger partial charge on any atom is -0.396 e. The van der Waals surface area contributed by atoms with Crippen molar-refractivity contribution in [2.75, 3.05) is 12.3 Å². The van der Waals surface area contributed by atoms with Gasteiger partial charge in [0.1, 0.15) is 0 Å². The van der Waals surface area contributed by atoms with Gasteiger partial charge in [-0.2, -0.15) is 5.10 Å². The highest BCUT2D eigenvalue weighted by Crippen LogP contribution is 2.17. The topological polar surface area (TPSA) is 72.9 Å². The Kier molecular flexibility index (Phi) is 4.40. The van der Waals surface area contributed by atoms with Crippen LogP contribution in [0.4, 0.5) is 5.69 Å². The minimum absolute atomic E-state index is 0.219. The Morgan fingerprint density at radius 3 is 2.70 bits per heavy atom. The van der Waals surface area contributed by atoms with Gasteiger partial charge in [0.05, 0.1) is 5.69 Å². The molecule has 0 bridgehead atoms. The molecule has 3 N–H and O–H groups in total. The average Bonchev–Trinajstić information content (AvgIpc) is 2.78. The smallest absolute Gasteiger partial charge is 0.273 e. The van der Waals surface area contributed by atoms with Gasteiger partial charge in [-0.3, -0.25) is 9.48 Å². The normalized spacial score (nSPS) is 12.1. The number of rotatable bonds is 5. The molecule has 5 nitrogen and oxygen atoms in total. The van der Waals surface area contributed by atoms with Crippen LogP contribution in [-0.2, 0) is 7.05 Å². The second-order valence-electron chi connectivity index (χ2n) is 4.96. The largest absolute Gasteiger partial charge is 0.396 e. The van der Waals surface area contributed by atoms with E-state index in [4.69, 9.17) is 5.73 Å². The van der Waals surface area contributed by atoms with E-state index in [1.54, 1.807) is 13.2 Å². The molecule has 1 heterocycles. The first-order valence-electron chi connectivity index (χ1n) is 6.70. The van der Waals surface area contributed by atoms with E-state index in [9.17, 15) is 4.79 Å². The number of nitrogens with one attached hydrogen (secondary N) is 1. The molecule has 1 unspecified atom stereocenters. The number of hydrogen-bond donors (Lipinski definition) is 2. The number of nitrogens with two attached hydrogens (primary N) is 1. The Balaban J connectivity index is 1.84. The van der Waals surface area contributed by atoms with Crippen LogP contribution in [0, 0.1) is 0 Å². The van der Waals surface area contributed by atoms with E-state index < -0.39 is 0 Å². The summed E-state index contributed by atoms with van der Waals surface area (Å²) in [5.74, 6) is 0.181. The molecule has 2 aromatic rings. The predicted octanol–water partition coefficient (Wildman–Crippen LogP) is 1.93. The summed E-state index contributed by atoms with van der Waals surface area (Å²) in [5, 5.41) is 6.90. The molecule has 0 saturated heterocycles. The average molecular weight is 272 g/mol. The van der Waals surface area contributed by atoms with Crippen molar-refractivity contribution < 1.29 is 4.79 Å². The Bertz CT molecular complexity index is 577. The molecule has 106 valence electrons. The van der Waals surface area contributed by atoms with Gasteiger partial charge in [0.25, 0.3) is 5.91 Å². The van der Waals surface area contributed by atoms with Crippen LogP contribution in [0.2, 0.25) is 0 Å². The molecule has 0 radical (unpaired) electrons. The van der Waals surface area contributed by atoms with Gasteiger partial charge in [0, 0.05) is 19.8 Å². The standard InChI is InChI=1S/C15H20N4O/c1-11(12-6-4-3-5-7-12)8-9-17-15(20)14-13(16)10-19(2)18-14/h3-7,10-11H,8-9,16H2,1-2H3,(H,17,20). The van der Waals surface area contributed by atoms with Crippen molar-refractivity contribution in [3.05, 3.63) is 47.8 Å². The second-order valence-corrected chi connectivity index (χ2v) is 4.96. The van der Waals surface area contributed by atoms with E-state index in [0.717, 1.165) is 6.42 Å². The SMILES string of the molecule is CC(CCNC(=O)c1nn(C)cc1N)c1ccccc1. The molecule has 5 heteroatoms. The highest BCUT2D eigenvalue weighted by atomic mass is 16.1. The number of nitrogen functional groups attached to an aromatic ring is 1. The predicted molar refractivity (Wildman–Crippen MR) is 79.4 cm³/mol. The molecule has 0 aliphatic heterocycles. The second kappa shape index (κ2) is 6.23. The number of nitrogens with zero attached hydrogens (tertiary/aromatic N) is 2. The van der Waals surface area contributed by atoms with E-state index in [-0.39, 0.29) is 5.91 Å². The van der Waals surface area contributed by atoms with Crippen molar-refractivity contribution in [3.63, 3.8) is 0 Å². The lowest BCUT2D eigenvalue weighted by molar-refractivity contribution is 0.0948. The molecule has 0 aliphatic rings. The fourth-order valence-corrected chi connectivity index (χ4v) is 2.12. The van der Waals surface area contributed by atoms with E-state index >= 15 is 0 Å². The molecule has 0 aliphatic carbocycles. The molecule has 0 saturated carbocycles. The summed E-state index contributed by atoms with van der Waals surface area (Å²) >= 11 is 0. The summed E-state index contributed by atoms with van der Waals surface area (Å²) in [7, 11) is 1.74. The zero-order valence-corrected chi connectivity index (χ0v) is 11.8. The minimum atomic E-state index is -0.219. The summed E-state index contributed by atoms with van der Waals surface area (Å²) in [6, 6.07) is 10.3. The molecule has 1 amide bonds. The third kappa shape index (κ3) is 3.38. The number of aryl methyl sites for hydroxylation is 1. The zero-order valence-electron chi connectivity index (χ0n) is 11.8. The maximum Gasteiger partial charge on any atom is 0.273 e. The van der Waals surface area contributed by atoms with Gasteiger partial charge in [-0.1, -0.05) is 37.3 Å². The van der Waals surface area contributed by atoms with Crippen molar-refractivity contribution in [3.8, 4) is 0 Å². The van der Waals surface area contributed by atoms with Gasteiger partial charge in [-0.25, -0.2) is 0 Å². The summed E-state index contributed by atoms with van der Waals surface area (Å²) < 4.78 is 1.54. The third-order valence-corrected chi connectivity index (χ3v) is 3.30. The Morgan fingerprint density at radius 1 is 1.40 bits per heavy atom. The first-order valence-corrected chi connectivity index (χ1v) is 6.70. The lowest BCUT2D eigenvalue weighted by Crippen LogP contribution is -2.26. The number of benzene rings is 1. The molecular formula is C15H20N4O. The van der Waals surface area contributed by atoms with Crippen molar-refractivity contribution in [2.24, 2.45) is 7.05 Å². The zero-order chi connectivity index (χ0) is 14.5. The molecule has 0 spiro atoms. The van der Waals surface area contributed by atoms with Crippen molar-refractivity contribution >= 4 is 11.6 Å². The van der Waals surface area contributed by atoms with Crippen LogP contribution in [0.25, 0.3) is 0 Å². The van der Waals surface area contributed by atoms with Crippen LogP contribution in [0.15, 0.2) is 36.5 Å². The van der Waals surface area contributed by atoms with Crippen LogP contribution in [0.1, 0.15) is 35.3 Å². The van der Waals surface area contributed by atoms with Gasteiger partial charge in [-0.15, -0.1) is 0 Å². The Hall–Kier alpha value is -2.30. The van der Waals surface area contributed by atoms with E-state index in [2.05, 4.69) is 29.5 Å². The van der Waals surface area contributed by atoms with Crippen LogP contribution >= 0.6 is 0 Å². The first-order chi connectivity index (χ1) is 9.58. The monoisotopic (exact) mass is 272 g/mol. The van der Waals surface area contributed by atoms with Gasteiger partial charge < -0.3 is 11.1 Å². The molecule has 2 rings (SSSR count). The van der Waals surface area contributed by atoms with Crippen molar-refractivity contribution in [2.45, 2.75) is 19.3 Å². The maximum absolute atomic E-state index is 11.9. The van der Waals surface area contributed by atoms with Crippen LogP contribution in [0.5, 0.6) is 0 Å². The first kappa shape index (κ1) is 14.1. The number of anilines is 1. The lowest BCUT2D eigenvalue weighted by Gasteiger charge is -2.12. The van der Waals surface area contributed by atoms with Crippen LogP contribution in [-0.4, -0.2) is 22.2 Å². The van der Waals surface area contributed by atoms with E-state index in [0.29, 0.717) is 23.8 Å². The molecular weight excluding hydrogens is 252 g/mol. The molecule has 1 atom stereocenters. The van der Waals surface area contributed by atoms with Gasteiger partial charge in [0.15, 0.2) is 5.69 Å². The van der Waals surface area contributed by atoms with Crippen LogP contribution < -0.4 is 11.1 Å². The number of aromatic nitrogens is 2. The Morgan fingerprint density at radius 2 is 2.10 bits per heavy atom. The van der Waals surface area contributed by atoms with Gasteiger partial charge >= 0.3 is 0 Å². The molecule has 0 fully saturated rings. The number of carbonyl (C=O) groups is 1. The highest BCUT2D eigenvalue weighted by molar-refractivity contribution is 5.96.